The highest BCUT2D eigenvalue weighted by Crippen LogP contribution is 2.45. The Morgan fingerprint density at radius 1 is 1.31 bits per heavy atom. The van der Waals surface area contributed by atoms with Gasteiger partial charge in [-0.05, 0) is 18.6 Å². The second-order valence-corrected chi connectivity index (χ2v) is 6.84. The number of amides is 1. The maximum Gasteiger partial charge on any atom is 0.217 e. The molecule has 8 heteroatoms. The van der Waals surface area contributed by atoms with Crippen molar-refractivity contribution in [3.05, 3.63) is 47.3 Å². The first-order valence-corrected chi connectivity index (χ1v) is 9.29. The lowest BCUT2D eigenvalue weighted by Gasteiger charge is -2.24. The van der Waals surface area contributed by atoms with Crippen LogP contribution in [0.25, 0.3) is 5.70 Å². The summed E-state index contributed by atoms with van der Waals surface area (Å²) in [5.41, 5.74) is 9.04. The van der Waals surface area contributed by atoms with Crippen LogP contribution in [0.15, 0.2) is 30.6 Å². The number of pyridine rings is 1. The predicted octanol–water partition coefficient (Wildman–Crippen LogP) is 2.21. The van der Waals surface area contributed by atoms with E-state index in [-0.39, 0.29) is 37.7 Å². The van der Waals surface area contributed by atoms with Crippen LogP contribution >= 0.6 is 0 Å². The van der Waals surface area contributed by atoms with Crippen molar-refractivity contribution in [1.29, 1.82) is 0 Å². The van der Waals surface area contributed by atoms with Crippen LogP contribution in [-0.2, 0) is 22.6 Å². The van der Waals surface area contributed by atoms with Gasteiger partial charge in [-0.3, -0.25) is 14.6 Å². The van der Waals surface area contributed by atoms with E-state index in [0.717, 1.165) is 16.8 Å². The van der Waals surface area contributed by atoms with Crippen molar-refractivity contribution in [3.63, 3.8) is 0 Å². The van der Waals surface area contributed by atoms with Crippen LogP contribution in [0.4, 0.5) is 5.69 Å². The molecule has 2 aliphatic rings. The Balaban J connectivity index is 1.76. The van der Waals surface area contributed by atoms with Gasteiger partial charge in [0, 0.05) is 48.0 Å². The van der Waals surface area contributed by atoms with E-state index >= 15 is 0 Å². The third-order valence-electron chi connectivity index (χ3n) is 4.80. The molecule has 3 N–H and O–H groups in total. The molecule has 4 rings (SSSR count). The minimum absolute atomic E-state index is 0.0298. The zero-order valence-electron chi connectivity index (χ0n) is 16.0. The summed E-state index contributed by atoms with van der Waals surface area (Å²) < 4.78 is 17.5. The van der Waals surface area contributed by atoms with E-state index in [4.69, 9.17) is 19.9 Å². The number of primary amides is 1. The van der Waals surface area contributed by atoms with Gasteiger partial charge in [0.05, 0.1) is 25.1 Å². The average Bonchev–Trinajstić information content (AvgIpc) is 2.86. The van der Waals surface area contributed by atoms with Crippen molar-refractivity contribution in [3.8, 4) is 17.2 Å². The minimum atomic E-state index is -0.383. The molecule has 1 amide bonds. The lowest BCUT2D eigenvalue weighted by Crippen LogP contribution is -2.14. The number of ether oxygens (including phenoxy) is 3. The molecule has 0 saturated heterocycles. The van der Waals surface area contributed by atoms with Crippen molar-refractivity contribution in [2.24, 2.45) is 5.73 Å². The SMILES string of the molecule is COc1ccc2c(c1OCCCC(N)=O)OCc1cncc3c1NC2=CC(=O)C3. The van der Waals surface area contributed by atoms with Crippen LogP contribution in [0, 0.1) is 0 Å². The lowest BCUT2D eigenvalue weighted by atomic mass is 10.1. The number of nitrogens with zero attached hydrogens (tertiary/aromatic N) is 1. The molecule has 0 spiro atoms. The predicted molar refractivity (Wildman–Crippen MR) is 106 cm³/mol. The molecule has 8 nitrogen and oxygen atoms in total. The van der Waals surface area contributed by atoms with Crippen molar-refractivity contribution >= 4 is 23.1 Å². The first-order chi connectivity index (χ1) is 14.1. The first-order valence-electron chi connectivity index (χ1n) is 9.29. The molecule has 0 unspecified atom stereocenters. The molecule has 3 heterocycles. The van der Waals surface area contributed by atoms with Gasteiger partial charge < -0.3 is 25.3 Å². The van der Waals surface area contributed by atoms with Gasteiger partial charge in [0.1, 0.15) is 6.61 Å². The minimum Gasteiger partial charge on any atom is -0.493 e. The van der Waals surface area contributed by atoms with Crippen LogP contribution in [0.2, 0.25) is 0 Å². The molecule has 0 aliphatic carbocycles. The first kappa shape index (κ1) is 18.8. The normalized spacial score (nSPS) is 14.2. The number of allylic oxidation sites excluding steroid dienone is 1. The van der Waals surface area contributed by atoms with Gasteiger partial charge in [0.15, 0.2) is 17.3 Å². The molecule has 29 heavy (non-hydrogen) atoms. The highest BCUT2D eigenvalue weighted by Gasteiger charge is 2.27. The molecule has 2 aromatic rings. The summed E-state index contributed by atoms with van der Waals surface area (Å²) in [7, 11) is 1.54. The van der Waals surface area contributed by atoms with E-state index in [1.807, 2.05) is 6.07 Å². The van der Waals surface area contributed by atoms with Crippen molar-refractivity contribution in [2.75, 3.05) is 19.0 Å². The number of ketones is 1. The number of carbonyl (C=O) groups excluding carboxylic acids is 2. The maximum absolute atomic E-state index is 12.5. The van der Waals surface area contributed by atoms with E-state index in [2.05, 4.69) is 10.3 Å². The summed E-state index contributed by atoms with van der Waals surface area (Å²) >= 11 is 0. The monoisotopic (exact) mass is 395 g/mol. The van der Waals surface area contributed by atoms with E-state index < -0.39 is 0 Å². The molecular weight excluding hydrogens is 374 g/mol. The number of hydrogen-bond donors (Lipinski definition) is 2. The third-order valence-corrected chi connectivity index (χ3v) is 4.80. The number of aromatic nitrogens is 1. The van der Waals surface area contributed by atoms with Crippen LogP contribution in [0.1, 0.15) is 29.5 Å². The van der Waals surface area contributed by atoms with E-state index in [1.54, 1.807) is 31.6 Å². The number of hydrogen-bond acceptors (Lipinski definition) is 7. The van der Waals surface area contributed by atoms with Gasteiger partial charge in [-0.25, -0.2) is 0 Å². The zero-order chi connectivity index (χ0) is 20.4. The number of carbonyl (C=O) groups is 2. The maximum atomic E-state index is 12.5. The van der Waals surface area contributed by atoms with Crippen LogP contribution in [0.3, 0.4) is 0 Å². The fraction of sp³-hybridized carbons (Fsp3) is 0.286. The zero-order valence-corrected chi connectivity index (χ0v) is 16.0. The molecule has 2 bridgehead atoms. The Labute approximate surface area is 167 Å². The number of benzene rings is 1. The van der Waals surface area contributed by atoms with Crippen molar-refractivity contribution in [1.82, 2.24) is 4.98 Å². The molecule has 0 fully saturated rings. The number of fused-ring (bicyclic) bond motifs is 3. The smallest absolute Gasteiger partial charge is 0.217 e. The fourth-order valence-electron chi connectivity index (χ4n) is 3.44. The van der Waals surface area contributed by atoms with Crippen molar-refractivity contribution in [2.45, 2.75) is 25.9 Å². The molecule has 1 aromatic carbocycles. The van der Waals surface area contributed by atoms with Gasteiger partial charge in [0.25, 0.3) is 0 Å². The summed E-state index contributed by atoms with van der Waals surface area (Å²) in [6.45, 7) is 0.523. The highest BCUT2D eigenvalue weighted by atomic mass is 16.5. The number of nitrogens with two attached hydrogens (primary N) is 1. The third kappa shape index (κ3) is 3.73. The standard InChI is InChI=1S/C21H21N3O5/c1-27-17-5-4-15-16-8-14(25)7-12-9-23-10-13(19(12)24-16)11-29-20(15)21(17)28-6-2-3-18(22)26/h4-5,8-10,24H,2-3,6-7,11H2,1H3,(H2,22,26). The topological polar surface area (TPSA) is 113 Å². The highest BCUT2D eigenvalue weighted by molar-refractivity contribution is 6.04. The number of rotatable bonds is 6. The Bertz CT molecular complexity index is 1020. The summed E-state index contributed by atoms with van der Waals surface area (Å²) in [4.78, 5) is 27.7. The lowest BCUT2D eigenvalue weighted by molar-refractivity contribution is -0.118. The van der Waals surface area contributed by atoms with E-state index in [1.165, 1.54) is 0 Å². The van der Waals surface area contributed by atoms with Crippen LogP contribution < -0.4 is 25.3 Å². The molecule has 0 radical (unpaired) electrons. The van der Waals surface area contributed by atoms with E-state index in [9.17, 15) is 9.59 Å². The summed E-state index contributed by atoms with van der Waals surface area (Å²) in [5, 5.41) is 3.38. The van der Waals surface area contributed by atoms with Gasteiger partial charge in [-0.15, -0.1) is 0 Å². The second-order valence-electron chi connectivity index (χ2n) is 6.84. The molecule has 150 valence electrons. The summed E-state index contributed by atoms with van der Waals surface area (Å²) in [6, 6.07) is 3.59. The van der Waals surface area contributed by atoms with Crippen molar-refractivity contribution < 1.29 is 23.8 Å². The van der Waals surface area contributed by atoms with Gasteiger partial charge in [-0.1, -0.05) is 0 Å². The van der Waals surface area contributed by atoms with Gasteiger partial charge >= 0.3 is 0 Å². The molecular formula is C21H21N3O5. The number of anilines is 1. The van der Waals surface area contributed by atoms with Gasteiger partial charge in [0.2, 0.25) is 11.7 Å². The number of nitrogens with one attached hydrogen (secondary N) is 1. The van der Waals surface area contributed by atoms with Crippen LogP contribution in [0.5, 0.6) is 17.2 Å². The Kier molecular flexibility index (Phi) is 5.07. The second kappa shape index (κ2) is 7.83. The molecule has 0 saturated carbocycles. The van der Waals surface area contributed by atoms with Gasteiger partial charge in [-0.2, -0.15) is 0 Å². The Hall–Kier alpha value is -3.55. The van der Waals surface area contributed by atoms with E-state index in [0.29, 0.717) is 34.9 Å². The largest absolute Gasteiger partial charge is 0.493 e. The fourth-order valence-corrected chi connectivity index (χ4v) is 3.44. The average molecular weight is 395 g/mol. The Morgan fingerprint density at radius 3 is 2.93 bits per heavy atom. The molecule has 1 aromatic heterocycles. The Morgan fingerprint density at radius 2 is 2.14 bits per heavy atom. The number of methoxy groups -OCH3 is 1. The molecule has 0 atom stereocenters. The molecule has 2 aliphatic heterocycles. The summed E-state index contributed by atoms with van der Waals surface area (Å²) in [5.74, 6) is 0.967. The quantitative estimate of drug-likeness (QED) is 0.721. The van der Waals surface area contributed by atoms with Crippen LogP contribution in [-0.4, -0.2) is 30.4 Å². The summed E-state index contributed by atoms with van der Waals surface area (Å²) in [6.07, 6.45) is 5.95.